The summed E-state index contributed by atoms with van der Waals surface area (Å²) in [5.74, 6) is -1.16. The van der Waals surface area contributed by atoms with E-state index in [1.165, 1.54) is 25.0 Å². The van der Waals surface area contributed by atoms with Gasteiger partial charge in [0.15, 0.2) is 0 Å². The van der Waals surface area contributed by atoms with Crippen molar-refractivity contribution in [3.05, 3.63) is 35.6 Å². The molecule has 0 amide bonds. The third-order valence-electron chi connectivity index (χ3n) is 4.25. The van der Waals surface area contributed by atoms with E-state index in [0.29, 0.717) is 0 Å². The third kappa shape index (κ3) is 3.37. The van der Waals surface area contributed by atoms with Crippen molar-refractivity contribution in [3.63, 3.8) is 0 Å². The Bertz CT molecular complexity index is 469. The van der Waals surface area contributed by atoms with E-state index < -0.39 is 11.5 Å². The van der Waals surface area contributed by atoms with Crippen molar-refractivity contribution >= 4 is 5.97 Å². The lowest BCUT2D eigenvalue weighted by Crippen LogP contribution is -2.46. The van der Waals surface area contributed by atoms with Gasteiger partial charge in [-0.2, -0.15) is 0 Å². The molecule has 0 radical (unpaired) electrons. The minimum absolute atomic E-state index is 0.00352. The smallest absolute Gasteiger partial charge is 0.305 e. The number of carboxylic acid groups (broad SMARTS) is 1. The largest absolute Gasteiger partial charge is 0.481 e. The molecule has 3 nitrogen and oxygen atoms in total. The molecule has 1 aromatic carbocycles. The van der Waals surface area contributed by atoms with Crippen molar-refractivity contribution < 1.29 is 14.3 Å². The van der Waals surface area contributed by atoms with Crippen molar-refractivity contribution in [1.29, 1.82) is 0 Å². The SMILES string of the molecule is CC(CC(=O)O)(c1cccc(F)c1)N1CCCCCC1. The Kier molecular flexibility index (Phi) is 4.76. The highest BCUT2D eigenvalue weighted by Crippen LogP contribution is 2.34. The minimum atomic E-state index is -0.846. The van der Waals surface area contributed by atoms with Crippen LogP contribution >= 0.6 is 0 Å². The monoisotopic (exact) mass is 279 g/mol. The van der Waals surface area contributed by atoms with Crippen LogP contribution in [-0.4, -0.2) is 29.1 Å². The molecule has 0 aliphatic carbocycles. The topological polar surface area (TPSA) is 40.5 Å². The number of carboxylic acids is 1. The molecule has 4 heteroatoms. The first-order chi connectivity index (χ1) is 9.52. The van der Waals surface area contributed by atoms with Crippen LogP contribution in [0.1, 0.15) is 44.6 Å². The van der Waals surface area contributed by atoms with Crippen LogP contribution in [0.3, 0.4) is 0 Å². The fourth-order valence-corrected chi connectivity index (χ4v) is 3.08. The highest BCUT2D eigenvalue weighted by atomic mass is 19.1. The van der Waals surface area contributed by atoms with E-state index in [-0.39, 0.29) is 12.2 Å². The average Bonchev–Trinajstić information content (AvgIpc) is 2.67. The van der Waals surface area contributed by atoms with Gasteiger partial charge in [0.1, 0.15) is 5.82 Å². The lowest BCUT2D eigenvalue weighted by molar-refractivity contribution is -0.140. The van der Waals surface area contributed by atoms with Gasteiger partial charge in [0.05, 0.1) is 12.0 Å². The van der Waals surface area contributed by atoms with Gasteiger partial charge in [0.25, 0.3) is 0 Å². The lowest BCUT2D eigenvalue weighted by Gasteiger charge is -2.40. The van der Waals surface area contributed by atoms with Crippen molar-refractivity contribution in [1.82, 2.24) is 4.90 Å². The summed E-state index contributed by atoms with van der Waals surface area (Å²) in [6, 6.07) is 6.35. The maximum atomic E-state index is 13.5. The van der Waals surface area contributed by atoms with Crippen LogP contribution in [0, 0.1) is 5.82 Å². The van der Waals surface area contributed by atoms with Crippen molar-refractivity contribution in [2.24, 2.45) is 0 Å². The second-order valence-corrected chi connectivity index (χ2v) is 5.76. The molecular formula is C16H22FNO2. The summed E-state index contributed by atoms with van der Waals surface area (Å²) in [7, 11) is 0. The van der Waals surface area contributed by atoms with Gasteiger partial charge in [-0.05, 0) is 50.6 Å². The summed E-state index contributed by atoms with van der Waals surface area (Å²) in [5.41, 5.74) is 0.111. The summed E-state index contributed by atoms with van der Waals surface area (Å²) >= 11 is 0. The zero-order valence-electron chi connectivity index (χ0n) is 11.9. The number of carbonyl (C=O) groups is 1. The van der Waals surface area contributed by atoms with E-state index >= 15 is 0 Å². The minimum Gasteiger partial charge on any atom is -0.481 e. The Labute approximate surface area is 119 Å². The molecule has 0 spiro atoms. The van der Waals surface area contributed by atoms with Gasteiger partial charge in [-0.15, -0.1) is 0 Å². The van der Waals surface area contributed by atoms with Crippen LogP contribution in [0.4, 0.5) is 4.39 Å². The number of rotatable bonds is 4. The molecule has 1 aliphatic rings. The molecule has 1 fully saturated rings. The lowest BCUT2D eigenvalue weighted by atomic mass is 9.86. The zero-order chi connectivity index (χ0) is 14.6. The Balaban J connectivity index is 2.35. The molecule has 110 valence electrons. The maximum absolute atomic E-state index is 13.5. The molecule has 0 bridgehead atoms. The van der Waals surface area contributed by atoms with Crippen LogP contribution in [0.5, 0.6) is 0 Å². The van der Waals surface area contributed by atoms with Gasteiger partial charge in [0, 0.05) is 0 Å². The van der Waals surface area contributed by atoms with Gasteiger partial charge in [0.2, 0.25) is 0 Å². The number of aliphatic carboxylic acids is 1. The first-order valence-electron chi connectivity index (χ1n) is 7.25. The van der Waals surface area contributed by atoms with E-state index in [9.17, 15) is 14.3 Å². The van der Waals surface area contributed by atoms with Gasteiger partial charge in [-0.1, -0.05) is 25.0 Å². The summed E-state index contributed by atoms with van der Waals surface area (Å²) in [5, 5.41) is 9.26. The predicted molar refractivity (Wildman–Crippen MR) is 76.0 cm³/mol. The predicted octanol–water partition coefficient (Wildman–Crippen LogP) is 3.39. The normalized spacial score (nSPS) is 20.1. The average molecular weight is 279 g/mol. The van der Waals surface area contributed by atoms with Crippen LogP contribution in [0.2, 0.25) is 0 Å². The van der Waals surface area contributed by atoms with E-state index in [2.05, 4.69) is 4.90 Å². The van der Waals surface area contributed by atoms with Gasteiger partial charge in [-0.3, -0.25) is 9.69 Å². The molecule has 1 aliphatic heterocycles. The van der Waals surface area contributed by atoms with Crippen molar-refractivity contribution in [3.8, 4) is 0 Å². The maximum Gasteiger partial charge on any atom is 0.305 e. The summed E-state index contributed by atoms with van der Waals surface area (Å²) < 4.78 is 13.5. The van der Waals surface area contributed by atoms with Crippen molar-refractivity contribution in [2.75, 3.05) is 13.1 Å². The van der Waals surface area contributed by atoms with Crippen LogP contribution in [-0.2, 0) is 10.3 Å². The Morgan fingerprint density at radius 1 is 1.30 bits per heavy atom. The standard InChI is InChI=1S/C16H22FNO2/c1-16(12-15(19)20,13-7-6-8-14(17)11-13)18-9-4-2-3-5-10-18/h6-8,11H,2-5,9-10,12H2,1H3,(H,19,20). The van der Waals surface area contributed by atoms with Crippen LogP contribution in [0.25, 0.3) is 0 Å². The molecule has 0 saturated carbocycles. The van der Waals surface area contributed by atoms with E-state index in [1.807, 2.05) is 13.0 Å². The number of benzene rings is 1. The molecule has 2 rings (SSSR count). The quantitative estimate of drug-likeness (QED) is 0.918. The Morgan fingerprint density at radius 3 is 2.50 bits per heavy atom. The molecule has 20 heavy (non-hydrogen) atoms. The van der Waals surface area contributed by atoms with E-state index in [1.54, 1.807) is 6.07 Å². The molecule has 1 unspecified atom stereocenters. The van der Waals surface area contributed by atoms with E-state index in [4.69, 9.17) is 0 Å². The van der Waals surface area contributed by atoms with Crippen LogP contribution in [0.15, 0.2) is 24.3 Å². The highest BCUT2D eigenvalue weighted by molar-refractivity contribution is 5.68. The molecule has 1 aromatic rings. The molecule has 1 heterocycles. The number of hydrogen-bond donors (Lipinski definition) is 1. The zero-order valence-corrected chi connectivity index (χ0v) is 11.9. The molecule has 1 saturated heterocycles. The number of hydrogen-bond acceptors (Lipinski definition) is 2. The molecule has 0 aromatic heterocycles. The van der Waals surface area contributed by atoms with Crippen molar-refractivity contribution in [2.45, 2.75) is 44.6 Å². The van der Waals surface area contributed by atoms with Gasteiger partial charge < -0.3 is 5.11 Å². The summed E-state index contributed by atoms with van der Waals surface area (Å²) in [6.07, 6.45) is 4.51. The number of nitrogens with zero attached hydrogens (tertiary/aromatic N) is 1. The summed E-state index contributed by atoms with van der Waals surface area (Å²) in [4.78, 5) is 13.5. The second kappa shape index (κ2) is 6.35. The third-order valence-corrected chi connectivity index (χ3v) is 4.25. The first-order valence-corrected chi connectivity index (χ1v) is 7.25. The molecule has 1 atom stereocenters. The van der Waals surface area contributed by atoms with Gasteiger partial charge in [-0.25, -0.2) is 4.39 Å². The van der Waals surface area contributed by atoms with Gasteiger partial charge >= 0.3 is 5.97 Å². The molecular weight excluding hydrogens is 257 g/mol. The van der Waals surface area contributed by atoms with Crippen LogP contribution < -0.4 is 0 Å². The number of likely N-dealkylation sites (tertiary alicyclic amines) is 1. The summed E-state index contributed by atoms with van der Waals surface area (Å²) in [6.45, 7) is 3.67. The van der Waals surface area contributed by atoms with E-state index in [0.717, 1.165) is 31.5 Å². The molecule has 1 N–H and O–H groups in total. The fraction of sp³-hybridized carbons (Fsp3) is 0.562. The number of halogens is 1. The first kappa shape index (κ1) is 15.0. The Morgan fingerprint density at radius 2 is 1.95 bits per heavy atom. The highest BCUT2D eigenvalue weighted by Gasteiger charge is 2.36. The fourth-order valence-electron chi connectivity index (χ4n) is 3.08. The Hall–Kier alpha value is -1.42. The second-order valence-electron chi connectivity index (χ2n) is 5.76.